The van der Waals surface area contributed by atoms with Gasteiger partial charge in [0.05, 0.1) is 0 Å². The molecule has 80 heavy (non-hydrogen) atoms. The van der Waals surface area contributed by atoms with Crippen molar-refractivity contribution >= 4 is 17.9 Å². The molecule has 6 nitrogen and oxygen atoms in total. The highest BCUT2D eigenvalue weighted by molar-refractivity contribution is 5.71. The molecule has 1 unspecified atom stereocenters. The van der Waals surface area contributed by atoms with E-state index >= 15 is 0 Å². The van der Waals surface area contributed by atoms with Crippen LogP contribution in [0.2, 0.25) is 0 Å². The van der Waals surface area contributed by atoms with Gasteiger partial charge >= 0.3 is 17.9 Å². The Bertz CT molecular complexity index is 1700. The molecule has 0 saturated carbocycles. The Morgan fingerprint density at radius 3 is 0.775 bits per heavy atom. The fourth-order valence-corrected chi connectivity index (χ4v) is 8.97. The minimum atomic E-state index is -0.790. The van der Waals surface area contributed by atoms with Crippen molar-refractivity contribution in [1.29, 1.82) is 0 Å². The van der Waals surface area contributed by atoms with Gasteiger partial charge in [-0.25, -0.2) is 0 Å². The molecule has 0 saturated heterocycles. The van der Waals surface area contributed by atoms with E-state index in [1.165, 1.54) is 109 Å². The van der Waals surface area contributed by atoms with Crippen LogP contribution < -0.4 is 0 Å². The first-order valence-electron chi connectivity index (χ1n) is 33.2. The molecule has 0 aromatic carbocycles. The molecule has 0 aliphatic rings. The van der Waals surface area contributed by atoms with Crippen molar-refractivity contribution in [3.05, 3.63) is 134 Å². The van der Waals surface area contributed by atoms with Crippen molar-refractivity contribution in [2.45, 2.75) is 303 Å². The maximum absolute atomic E-state index is 12.9. The molecule has 0 bridgehead atoms. The largest absolute Gasteiger partial charge is 0.462 e. The van der Waals surface area contributed by atoms with Crippen LogP contribution in [0, 0.1) is 0 Å². The van der Waals surface area contributed by atoms with E-state index in [1.54, 1.807) is 0 Å². The number of ether oxygens (including phenoxy) is 3. The van der Waals surface area contributed by atoms with Crippen LogP contribution in [0.15, 0.2) is 134 Å². The minimum absolute atomic E-state index is 0.0866. The summed E-state index contributed by atoms with van der Waals surface area (Å²) in [6.45, 7) is 6.35. The Kier molecular flexibility index (Phi) is 63.3. The highest BCUT2D eigenvalue weighted by Crippen LogP contribution is 2.16. The summed E-state index contributed by atoms with van der Waals surface area (Å²) < 4.78 is 16.9. The van der Waals surface area contributed by atoms with Crippen LogP contribution in [0.5, 0.6) is 0 Å². The van der Waals surface area contributed by atoms with E-state index in [0.717, 1.165) is 148 Å². The molecular formula is C74H122O6. The average molecular weight is 1110 g/mol. The zero-order valence-electron chi connectivity index (χ0n) is 52.0. The van der Waals surface area contributed by atoms with Gasteiger partial charge in [-0.05, 0) is 128 Å². The van der Waals surface area contributed by atoms with E-state index in [0.29, 0.717) is 19.3 Å². The van der Waals surface area contributed by atoms with Crippen LogP contribution in [0.25, 0.3) is 0 Å². The average Bonchev–Trinajstić information content (AvgIpc) is 3.46. The number of allylic oxidation sites excluding steroid dienone is 22. The molecule has 0 radical (unpaired) electrons. The van der Waals surface area contributed by atoms with Gasteiger partial charge in [-0.3, -0.25) is 14.4 Å². The van der Waals surface area contributed by atoms with E-state index in [9.17, 15) is 14.4 Å². The summed E-state index contributed by atoms with van der Waals surface area (Å²) in [5.74, 6) is -0.905. The van der Waals surface area contributed by atoms with Crippen molar-refractivity contribution in [2.24, 2.45) is 0 Å². The van der Waals surface area contributed by atoms with Crippen LogP contribution in [-0.2, 0) is 28.6 Å². The quantitative estimate of drug-likeness (QED) is 0.0261. The highest BCUT2D eigenvalue weighted by atomic mass is 16.6. The topological polar surface area (TPSA) is 78.9 Å². The molecule has 454 valence electrons. The number of hydrogen-bond acceptors (Lipinski definition) is 6. The summed E-state index contributed by atoms with van der Waals surface area (Å²) in [5, 5.41) is 0. The molecule has 0 aromatic rings. The van der Waals surface area contributed by atoms with Gasteiger partial charge in [-0.2, -0.15) is 0 Å². The number of carbonyl (C=O) groups excluding carboxylic acids is 3. The van der Waals surface area contributed by atoms with E-state index in [4.69, 9.17) is 14.2 Å². The van der Waals surface area contributed by atoms with Gasteiger partial charge in [-0.15, -0.1) is 0 Å². The van der Waals surface area contributed by atoms with Gasteiger partial charge in [0.25, 0.3) is 0 Å². The smallest absolute Gasteiger partial charge is 0.306 e. The third kappa shape index (κ3) is 64.4. The van der Waals surface area contributed by atoms with Crippen LogP contribution in [0.4, 0.5) is 0 Å². The lowest BCUT2D eigenvalue weighted by Crippen LogP contribution is -2.30. The maximum atomic E-state index is 12.9. The predicted molar refractivity (Wildman–Crippen MR) is 348 cm³/mol. The van der Waals surface area contributed by atoms with Gasteiger partial charge in [0, 0.05) is 19.3 Å². The molecule has 0 N–H and O–H groups in total. The molecule has 0 heterocycles. The summed E-state index contributed by atoms with van der Waals surface area (Å²) >= 11 is 0. The van der Waals surface area contributed by atoms with Crippen molar-refractivity contribution in [3.63, 3.8) is 0 Å². The summed E-state index contributed by atoms with van der Waals surface area (Å²) in [6.07, 6.45) is 94.8. The fourth-order valence-electron chi connectivity index (χ4n) is 8.97. The van der Waals surface area contributed by atoms with E-state index < -0.39 is 6.10 Å². The van der Waals surface area contributed by atoms with Gasteiger partial charge in [0.15, 0.2) is 6.10 Å². The number of unbranched alkanes of at least 4 members (excludes halogenated alkanes) is 26. The van der Waals surface area contributed by atoms with E-state index in [-0.39, 0.29) is 31.1 Å². The zero-order chi connectivity index (χ0) is 57.8. The van der Waals surface area contributed by atoms with Gasteiger partial charge in [0.1, 0.15) is 13.2 Å². The Hall–Kier alpha value is -4.45. The Labute approximate surface area is 494 Å². The van der Waals surface area contributed by atoms with Gasteiger partial charge < -0.3 is 14.2 Å². The fraction of sp³-hybridized carbons (Fsp3) is 0.662. The van der Waals surface area contributed by atoms with Crippen LogP contribution in [0.3, 0.4) is 0 Å². The summed E-state index contributed by atoms with van der Waals surface area (Å²) in [5.41, 5.74) is 0. The number of carbonyl (C=O) groups is 3. The second kappa shape index (κ2) is 67.1. The third-order valence-corrected chi connectivity index (χ3v) is 13.9. The minimum Gasteiger partial charge on any atom is -0.462 e. The molecule has 1 atom stereocenters. The van der Waals surface area contributed by atoms with Crippen molar-refractivity contribution in [2.75, 3.05) is 13.2 Å². The molecular weight excluding hydrogens is 985 g/mol. The normalized spacial score (nSPS) is 13.0. The second-order valence-electron chi connectivity index (χ2n) is 21.6. The van der Waals surface area contributed by atoms with E-state index in [2.05, 4.69) is 154 Å². The lowest BCUT2D eigenvalue weighted by Gasteiger charge is -2.18. The lowest BCUT2D eigenvalue weighted by atomic mass is 10.0. The van der Waals surface area contributed by atoms with Crippen LogP contribution in [0.1, 0.15) is 297 Å². The standard InChI is InChI=1S/C74H122O6/c1-4-7-10-13-16-19-22-24-26-28-29-30-31-32-33-34-35-36-37-38-39-40-41-42-43-44-45-47-48-50-52-55-58-61-64-67-73(76)79-70-71(69-78-72(75)66-63-60-57-54-21-18-15-12-9-6-3)80-74(77)68-65-62-59-56-53-51-49-46-27-25-23-20-17-14-11-8-5-2/h7-8,10-12,15-17,19-20,24-27,29-30,32-33,35-36,38-39,71H,4-6,9,13-14,18,21-23,28,31,34,37,40-70H2,1-3H3/b10-7-,11-8-,15-12-,19-16-,20-17-,26-24-,27-25-,30-29-,33-32-,36-35-,39-38-. The molecule has 0 aliphatic carbocycles. The van der Waals surface area contributed by atoms with Gasteiger partial charge in [0.2, 0.25) is 0 Å². The monoisotopic (exact) mass is 1110 g/mol. The Morgan fingerprint density at radius 1 is 0.263 bits per heavy atom. The highest BCUT2D eigenvalue weighted by Gasteiger charge is 2.19. The first-order valence-corrected chi connectivity index (χ1v) is 33.2. The summed E-state index contributed by atoms with van der Waals surface area (Å²) in [6, 6.07) is 0. The molecule has 0 aromatic heterocycles. The molecule has 0 amide bonds. The Balaban J connectivity index is 4.15. The lowest BCUT2D eigenvalue weighted by molar-refractivity contribution is -0.167. The van der Waals surface area contributed by atoms with Crippen LogP contribution >= 0.6 is 0 Å². The molecule has 0 aliphatic heterocycles. The first kappa shape index (κ1) is 75.5. The van der Waals surface area contributed by atoms with Crippen molar-refractivity contribution < 1.29 is 28.6 Å². The summed E-state index contributed by atoms with van der Waals surface area (Å²) in [7, 11) is 0. The predicted octanol–water partition coefficient (Wildman–Crippen LogP) is 22.9. The van der Waals surface area contributed by atoms with E-state index in [1.807, 2.05) is 0 Å². The first-order chi connectivity index (χ1) is 39.5. The molecule has 0 fully saturated rings. The second-order valence-corrected chi connectivity index (χ2v) is 21.6. The van der Waals surface area contributed by atoms with Gasteiger partial charge in [-0.1, -0.05) is 283 Å². The molecule has 0 spiro atoms. The van der Waals surface area contributed by atoms with Crippen molar-refractivity contribution in [1.82, 2.24) is 0 Å². The zero-order valence-corrected chi connectivity index (χ0v) is 52.0. The number of rotatable bonds is 59. The summed E-state index contributed by atoms with van der Waals surface area (Å²) in [4.78, 5) is 38.2. The Morgan fingerprint density at radius 2 is 0.487 bits per heavy atom. The van der Waals surface area contributed by atoms with Crippen molar-refractivity contribution in [3.8, 4) is 0 Å². The SMILES string of the molecule is CC/C=C\C/C=C\C/C=C\C/C=C\C/C=C\C/C=C\C/C=C\CCCCCCCCCCCCCCCC(=O)OCC(COC(=O)CCCCCCC/C=C\CCC)OC(=O)CCCCCCCCC/C=C\C/C=C\C/C=C\CC. The number of esters is 3. The van der Waals surface area contributed by atoms with Crippen LogP contribution in [-0.4, -0.2) is 37.2 Å². The number of hydrogen-bond donors (Lipinski definition) is 0. The molecule has 0 rings (SSSR count). The molecule has 6 heteroatoms. The third-order valence-electron chi connectivity index (χ3n) is 13.9. The maximum Gasteiger partial charge on any atom is 0.306 e.